The Kier molecular flexibility index (Phi) is 4.34. The lowest BCUT2D eigenvalue weighted by Crippen LogP contribution is -2.60. The molecule has 0 aromatic carbocycles. The highest BCUT2D eigenvalue weighted by Gasteiger charge is 2.51. The molecule has 0 spiro atoms. The number of rotatable bonds is 3. The number of ether oxygens (including phenoxy) is 2. The van der Waals surface area contributed by atoms with Gasteiger partial charge in [0.15, 0.2) is 6.29 Å². The number of piperidine rings is 1. The van der Waals surface area contributed by atoms with E-state index in [4.69, 9.17) is 21.1 Å². The molecule has 23 heavy (non-hydrogen) atoms. The predicted molar refractivity (Wildman–Crippen MR) is 84.3 cm³/mol. The van der Waals surface area contributed by atoms with Crippen LogP contribution in [0, 0.1) is 0 Å². The van der Waals surface area contributed by atoms with Gasteiger partial charge in [-0.1, -0.05) is 11.6 Å². The second-order valence-electron chi connectivity index (χ2n) is 6.77. The number of aliphatic hydroxyl groups excluding tert-OH is 1. The molecule has 8 heteroatoms. The Hall–Kier alpha value is -0.700. The minimum absolute atomic E-state index is 0.114. The number of hydrogen-bond donors (Lipinski definition) is 2. The van der Waals surface area contributed by atoms with Crippen molar-refractivity contribution in [3.63, 3.8) is 0 Å². The quantitative estimate of drug-likeness (QED) is 0.820. The molecular formula is C15H23ClN4O3. The van der Waals surface area contributed by atoms with Crippen LogP contribution in [0.15, 0.2) is 12.4 Å². The van der Waals surface area contributed by atoms with E-state index in [1.807, 2.05) is 0 Å². The Bertz CT molecular complexity index is 549. The van der Waals surface area contributed by atoms with Crippen LogP contribution in [0.25, 0.3) is 0 Å². The van der Waals surface area contributed by atoms with E-state index in [1.165, 1.54) is 0 Å². The lowest BCUT2D eigenvalue weighted by Gasteiger charge is -2.41. The highest BCUT2D eigenvalue weighted by Crippen LogP contribution is 2.36. The van der Waals surface area contributed by atoms with Crippen LogP contribution < -0.4 is 5.32 Å². The van der Waals surface area contributed by atoms with Crippen molar-refractivity contribution in [3.8, 4) is 0 Å². The zero-order chi connectivity index (χ0) is 16.0. The zero-order valence-electron chi connectivity index (χ0n) is 13.1. The molecule has 4 rings (SSSR count). The van der Waals surface area contributed by atoms with Crippen LogP contribution >= 0.6 is 11.6 Å². The largest absolute Gasteiger partial charge is 0.389 e. The SMILES string of the molecule is CN1CCC(NC2C3COC(O3)C(n3cc(Cl)cn3)C2O)CC1. The Morgan fingerprint density at radius 1 is 1.39 bits per heavy atom. The van der Waals surface area contributed by atoms with Crippen LogP contribution in [0.1, 0.15) is 18.9 Å². The van der Waals surface area contributed by atoms with Gasteiger partial charge in [0.1, 0.15) is 12.1 Å². The molecule has 128 valence electrons. The van der Waals surface area contributed by atoms with Crippen molar-refractivity contribution in [1.29, 1.82) is 0 Å². The fourth-order valence-corrected chi connectivity index (χ4v) is 3.96. The maximum Gasteiger partial charge on any atom is 0.183 e. The summed E-state index contributed by atoms with van der Waals surface area (Å²) >= 11 is 5.97. The minimum Gasteiger partial charge on any atom is -0.389 e. The van der Waals surface area contributed by atoms with Gasteiger partial charge in [0.05, 0.1) is 30.0 Å². The molecule has 3 aliphatic rings. The Balaban J connectivity index is 1.50. The molecule has 7 nitrogen and oxygen atoms in total. The summed E-state index contributed by atoms with van der Waals surface area (Å²) in [6, 6.07) is -0.145. The van der Waals surface area contributed by atoms with E-state index < -0.39 is 12.4 Å². The third-order valence-electron chi connectivity index (χ3n) is 5.15. The first kappa shape index (κ1) is 15.8. The van der Waals surface area contributed by atoms with Gasteiger partial charge < -0.3 is 24.8 Å². The zero-order valence-corrected chi connectivity index (χ0v) is 13.9. The first-order valence-electron chi connectivity index (χ1n) is 8.21. The van der Waals surface area contributed by atoms with Gasteiger partial charge in [0.2, 0.25) is 0 Å². The summed E-state index contributed by atoms with van der Waals surface area (Å²) in [7, 11) is 2.14. The van der Waals surface area contributed by atoms with Gasteiger partial charge >= 0.3 is 0 Å². The summed E-state index contributed by atoms with van der Waals surface area (Å²) in [4.78, 5) is 2.33. The molecule has 0 radical (unpaired) electrons. The molecule has 2 N–H and O–H groups in total. The summed E-state index contributed by atoms with van der Waals surface area (Å²) in [6.07, 6.45) is 4.21. The first-order valence-corrected chi connectivity index (χ1v) is 8.59. The maximum absolute atomic E-state index is 10.9. The van der Waals surface area contributed by atoms with Crippen LogP contribution in [0.3, 0.4) is 0 Å². The van der Waals surface area contributed by atoms with Crippen molar-refractivity contribution in [3.05, 3.63) is 17.4 Å². The Morgan fingerprint density at radius 3 is 2.87 bits per heavy atom. The molecule has 0 amide bonds. The number of hydrogen-bond acceptors (Lipinski definition) is 6. The molecule has 5 unspecified atom stereocenters. The van der Waals surface area contributed by atoms with Crippen LogP contribution in [0.4, 0.5) is 0 Å². The van der Waals surface area contributed by atoms with Gasteiger partial charge in [0, 0.05) is 12.2 Å². The normalized spacial score (nSPS) is 39.0. The highest BCUT2D eigenvalue weighted by molar-refractivity contribution is 6.30. The van der Waals surface area contributed by atoms with Crippen molar-refractivity contribution in [1.82, 2.24) is 20.0 Å². The summed E-state index contributed by atoms with van der Waals surface area (Å²) in [5.41, 5.74) is 0. The second kappa shape index (κ2) is 6.31. The smallest absolute Gasteiger partial charge is 0.183 e. The number of fused-ring (bicyclic) bond motifs is 2. The van der Waals surface area contributed by atoms with E-state index >= 15 is 0 Å². The van der Waals surface area contributed by atoms with E-state index in [-0.39, 0.29) is 18.2 Å². The van der Waals surface area contributed by atoms with E-state index in [0.29, 0.717) is 17.7 Å². The molecule has 0 aliphatic carbocycles. The van der Waals surface area contributed by atoms with Crippen molar-refractivity contribution >= 4 is 11.6 Å². The lowest BCUT2D eigenvalue weighted by atomic mass is 9.93. The summed E-state index contributed by atoms with van der Waals surface area (Å²) in [5.74, 6) is 0. The van der Waals surface area contributed by atoms with Gasteiger partial charge in [-0.2, -0.15) is 5.10 Å². The van der Waals surface area contributed by atoms with E-state index in [9.17, 15) is 5.11 Å². The monoisotopic (exact) mass is 342 g/mol. The van der Waals surface area contributed by atoms with E-state index in [2.05, 4.69) is 22.4 Å². The number of nitrogens with one attached hydrogen (secondary N) is 1. The molecule has 0 saturated carbocycles. The molecule has 3 aliphatic heterocycles. The van der Waals surface area contributed by atoms with Crippen molar-refractivity contribution in [2.45, 2.75) is 49.5 Å². The maximum atomic E-state index is 10.9. The number of nitrogens with zero attached hydrogens (tertiary/aromatic N) is 3. The lowest BCUT2D eigenvalue weighted by molar-refractivity contribution is -0.169. The third kappa shape index (κ3) is 3.01. The number of likely N-dealkylation sites (tertiary alicyclic amines) is 1. The van der Waals surface area contributed by atoms with Gasteiger partial charge in [-0.15, -0.1) is 0 Å². The van der Waals surface area contributed by atoms with Gasteiger partial charge in [-0.3, -0.25) is 4.68 Å². The minimum atomic E-state index is -0.628. The van der Waals surface area contributed by atoms with E-state index in [1.54, 1.807) is 17.1 Å². The average Bonchev–Trinajstić information content (AvgIpc) is 3.14. The number of halogens is 1. The standard InChI is InChI=1S/C15H23ClN4O3/c1-19-4-2-10(3-5-19)18-12-11-8-22-15(23-11)13(14(12)21)20-7-9(16)6-17-20/h6-7,10-15,18,21H,2-5,8H2,1H3. The van der Waals surface area contributed by atoms with Crippen LogP contribution in [0.2, 0.25) is 5.02 Å². The van der Waals surface area contributed by atoms with Crippen molar-refractivity contribution < 1.29 is 14.6 Å². The van der Waals surface area contributed by atoms with Gasteiger partial charge in [-0.25, -0.2) is 0 Å². The third-order valence-corrected chi connectivity index (χ3v) is 5.35. The van der Waals surface area contributed by atoms with Crippen LogP contribution in [-0.2, 0) is 9.47 Å². The van der Waals surface area contributed by atoms with E-state index in [0.717, 1.165) is 25.9 Å². The predicted octanol–water partition coefficient (Wildman–Crippen LogP) is 0.246. The van der Waals surface area contributed by atoms with Gasteiger partial charge in [-0.05, 0) is 33.0 Å². The van der Waals surface area contributed by atoms with Crippen molar-refractivity contribution in [2.75, 3.05) is 26.7 Å². The van der Waals surface area contributed by atoms with Crippen molar-refractivity contribution in [2.24, 2.45) is 0 Å². The fraction of sp³-hybridized carbons (Fsp3) is 0.800. The molecule has 1 aromatic heterocycles. The molecular weight excluding hydrogens is 320 g/mol. The molecule has 4 heterocycles. The fourth-order valence-electron chi connectivity index (χ4n) is 3.81. The van der Waals surface area contributed by atoms with Gasteiger partial charge in [0.25, 0.3) is 0 Å². The molecule has 3 fully saturated rings. The topological polar surface area (TPSA) is 71.8 Å². The first-order chi connectivity index (χ1) is 11.1. The van der Waals surface area contributed by atoms with Crippen LogP contribution in [0.5, 0.6) is 0 Å². The Morgan fingerprint density at radius 2 is 2.17 bits per heavy atom. The molecule has 2 bridgehead atoms. The average molecular weight is 343 g/mol. The number of aromatic nitrogens is 2. The molecule has 3 saturated heterocycles. The summed E-state index contributed by atoms with van der Waals surface area (Å²) in [5, 5.41) is 19.3. The second-order valence-corrected chi connectivity index (χ2v) is 7.20. The molecule has 1 aromatic rings. The van der Waals surface area contributed by atoms with Crippen LogP contribution in [-0.4, -0.2) is 77.1 Å². The summed E-state index contributed by atoms with van der Waals surface area (Å²) < 4.78 is 13.3. The molecule has 5 atom stereocenters. The Labute approximate surface area is 140 Å². The number of aliphatic hydroxyl groups is 1. The highest BCUT2D eigenvalue weighted by atomic mass is 35.5. The summed E-state index contributed by atoms with van der Waals surface area (Å²) in [6.45, 7) is 2.64.